The van der Waals surface area contributed by atoms with E-state index in [9.17, 15) is 0 Å². The van der Waals surface area contributed by atoms with Gasteiger partial charge in [-0.25, -0.2) is 0 Å². The van der Waals surface area contributed by atoms with Gasteiger partial charge in [0.1, 0.15) is 13.3 Å². The van der Waals surface area contributed by atoms with Gasteiger partial charge in [-0.15, -0.1) is 0 Å². The van der Waals surface area contributed by atoms with Crippen LogP contribution in [0.5, 0.6) is 0 Å². The van der Waals surface area contributed by atoms with E-state index in [1.165, 1.54) is 26.2 Å². The zero-order valence-corrected chi connectivity index (χ0v) is 12.9. The van der Waals surface area contributed by atoms with Crippen molar-refractivity contribution in [1.29, 1.82) is 0 Å². The second kappa shape index (κ2) is 5.12. The summed E-state index contributed by atoms with van der Waals surface area (Å²) in [6, 6.07) is 19.6. The van der Waals surface area contributed by atoms with E-state index < -0.39 is 0 Å². The van der Waals surface area contributed by atoms with E-state index in [0.717, 1.165) is 12.8 Å². The van der Waals surface area contributed by atoms with Gasteiger partial charge in [-0.2, -0.15) is 4.58 Å². The summed E-state index contributed by atoms with van der Waals surface area (Å²) in [6.07, 6.45) is 4.66. The summed E-state index contributed by atoms with van der Waals surface area (Å²) in [6.45, 7) is 0. The van der Waals surface area contributed by atoms with Gasteiger partial charge in [0, 0.05) is 21.6 Å². The molecule has 0 saturated carbocycles. The predicted molar refractivity (Wildman–Crippen MR) is 91.1 cm³/mol. The maximum absolute atomic E-state index is 2.39. The number of rotatable bonds is 2. The zero-order chi connectivity index (χ0) is 14.2. The lowest BCUT2D eigenvalue weighted by Crippen LogP contribution is -2.20. The first-order chi connectivity index (χ1) is 10.3. The Morgan fingerprint density at radius 3 is 2.67 bits per heavy atom. The van der Waals surface area contributed by atoms with E-state index in [0.29, 0.717) is 5.92 Å². The quantitative estimate of drug-likeness (QED) is 0.604. The van der Waals surface area contributed by atoms with Gasteiger partial charge in [-0.3, -0.25) is 0 Å². The first kappa shape index (κ1) is 12.8. The predicted octanol–water partition coefficient (Wildman–Crippen LogP) is 4.66. The minimum atomic E-state index is 0.586. The van der Waals surface area contributed by atoms with Crippen LogP contribution in [0.3, 0.4) is 0 Å². The molecule has 0 saturated heterocycles. The smallest absolute Gasteiger partial charge is 0.196 e. The van der Waals surface area contributed by atoms with Crippen LogP contribution in [0.1, 0.15) is 11.1 Å². The summed E-state index contributed by atoms with van der Waals surface area (Å²) >= 11 is 1.91. The van der Waals surface area contributed by atoms with Crippen LogP contribution in [-0.4, -0.2) is 17.8 Å². The average molecular weight is 292 g/mol. The minimum absolute atomic E-state index is 0.586. The molecule has 0 bridgehead atoms. The molecule has 1 aliphatic rings. The summed E-state index contributed by atoms with van der Waals surface area (Å²) in [5.74, 6) is 0.586. The molecule has 1 aliphatic heterocycles. The van der Waals surface area contributed by atoms with Crippen LogP contribution >= 0.6 is 11.3 Å². The molecular weight excluding hydrogens is 274 g/mol. The Hall–Kier alpha value is -1.93. The molecule has 1 atom stereocenters. The summed E-state index contributed by atoms with van der Waals surface area (Å²) in [5.41, 5.74) is 2.96. The van der Waals surface area contributed by atoms with Gasteiger partial charge in [0.05, 0.1) is 0 Å². The molecule has 0 aliphatic carbocycles. The standard InChI is InChI=1S/C19H18NS/c1-20-13-15(11-14-7-3-2-4-8-14)12-17-16-9-5-6-10-18(16)21-19(17)20/h2-10,13,15H,11-12H2,1H3/q+1. The molecule has 1 aromatic heterocycles. The third kappa shape index (κ3) is 2.30. The van der Waals surface area contributed by atoms with Crippen LogP contribution < -0.4 is 0 Å². The topological polar surface area (TPSA) is 3.01 Å². The SMILES string of the molecule is C[N+]1=CC(Cc2ccccc2)Cc2c1sc1ccccc21. The highest BCUT2D eigenvalue weighted by molar-refractivity contribution is 7.22. The van der Waals surface area contributed by atoms with Gasteiger partial charge in [-0.05, 0) is 24.5 Å². The molecule has 0 fully saturated rings. The normalized spacial score (nSPS) is 17.6. The van der Waals surface area contributed by atoms with Gasteiger partial charge in [-0.1, -0.05) is 59.9 Å². The Labute approximate surface area is 129 Å². The average Bonchev–Trinajstić information content (AvgIpc) is 2.88. The highest BCUT2D eigenvalue weighted by Crippen LogP contribution is 2.40. The van der Waals surface area contributed by atoms with Crippen LogP contribution in [0.25, 0.3) is 10.1 Å². The second-order valence-corrected chi connectivity index (χ2v) is 6.83. The molecular formula is C19H18NS+. The van der Waals surface area contributed by atoms with E-state index >= 15 is 0 Å². The van der Waals surface area contributed by atoms with Crippen molar-refractivity contribution in [3.63, 3.8) is 0 Å². The maximum Gasteiger partial charge on any atom is 0.265 e. The van der Waals surface area contributed by atoms with E-state index in [2.05, 4.69) is 72.4 Å². The molecule has 0 amide bonds. The third-order valence-corrected chi connectivity index (χ3v) is 5.54. The molecule has 0 spiro atoms. The second-order valence-electron chi connectivity index (χ2n) is 5.80. The maximum atomic E-state index is 2.39. The van der Waals surface area contributed by atoms with E-state index in [-0.39, 0.29) is 0 Å². The lowest BCUT2D eigenvalue weighted by Gasteiger charge is -2.15. The lowest BCUT2D eigenvalue weighted by atomic mass is 9.91. The van der Waals surface area contributed by atoms with Gasteiger partial charge in [0.15, 0.2) is 0 Å². The molecule has 2 heteroatoms. The Morgan fingerprint density at radius 1 is 1.05 bits per heavy atom. The fourth-order valence-electron chi connectivity index (χ4n) is 3.31. The van der Waals surface area contributed by atoms with Crippen molar-refractivity contribution in [2.45, 2.75) is 12.8 Å². The van der Waals surface area contributed by atoms with Crippen molar-refractivity contribution in [2.75, 3.05) is 7.05 Å². The van der Waals surface area contributed by atoms with E-state index in [1.54, 1.807) is 0 Å². The number of nitrogens with zero attached hydrogens (tertiary/aromatic N) is 1. The van der Waals surface area contributed by atoms with Crippen LogP contribution in [0.2, 0.25) is 0 Å². The first-order valence-electron chi connectivity index (χ1n) is 7.43. The van der Waals surface area contributed by atoms with Crippen molar-refractivity contribution in [1.82, 2.24) is 0 Å². The molecule has 3 aromatic rings. The van der Waals surface area contributed by atoms with E-state index in [4.69, 9.17) is 0 Å². The highest BCUT2D eigenvalue weighted by Gasteiger charge is 2.28. The molecule has 21 heavy (non-hydrogen) atoms. The van der Waals surface area contributed by atoms with Crippen LogP contribution in [-0.2, 0) is 12.8 Å². The Balaban J connectivity index is 1.71. The van der Waals surface area contributed by atoms with Gasteiger partial charge < -0.3 is 0 Å². The van der Waals surface area contributed by atoms with Crippen LogP contribution in [0.4, 0.5) is 5.00 Å². The summed E-state index contributed by atoms with van der Waals surface area (Å²) in [7, 11) is 2.19. The monoisotopic (exact) mass is 292 g/mol. The lowest BCUT2D eigenvalue weighted by molar-refractivity contribution is -0.400. The number of hydrogen-bond donors (Lipinski definition) is 0. The molecule has 0 N–H and O–H groups in total. The molecule has 1 nitrogen and oxygen atoms in total. The van der Waals surface area contributed by atoms with Gasteiger partial charge in [0.2, 0.25) is 0 Å². The molecule has 2 heterocycles. The largest absolute Gasteiger partial charge is 0.265 e. The van der Waals surface area contributed by atoms with Gasteiger partial charge in [0.25, 0.3) is 5.00 Å². The van der Waals surface area contributed by atoms with Crippen molar-refractivity contribution < 1.29 is 4.58 Å². The number of benzene rings is 2. The van der Waals surface area contributed by atoms with Crippen molar-refractivity contribution >= 4 is 32.6 Å². The van der Waals surface area contributed by atoms with Gasteiger partial charge >= 0.3 is 0 Å². The minimum Gasteiger partial charge on any atom is -0.196 e. The summed E-state index contributed by atoms with van der Waals surface area (Å²) < 4.78 is 3.74. The Kier molecular flexibility index (Phi) is 3.12. The Morgan fingerprint density at radius 2 is 1.81 bits per heavy atom. The number of thiophene rings is 1. The molecule has 104 valence electrons. The summed E-state index contributed by atoms with van der Waals surface area (Å²) in [5, 5.41) is 2.86. The molecule has 4 rings (SSSR count). The van der Waals surface area contributed by atoms with Crippen molar-refractivity contribution in [3.05, 3.63) is 65.7 Å². The fraction of sp³-hybridized carbons (Fsp3) is 0.211. The molecule has 2 aromatic carbocycles. The number of fused-ring (bicyclic) bond motifs is 3. The first-order valence-corrected chi connectivity index (χ1v) is 8.25. The van der Waals surface area contributed by atoms with Crippen LogP contribution in [0.15, 0.2) is 54.6 Å². The molecule has 0 radical (unpaired) electrons. The zero-order valence-electron chi connectivity index (χ0n) is 12.1. The van der Waals surface area contributed by atoms with Crippen molar-refractivity contribution in [2.24, 2.45) is 5.92 Å². The summed E-state index contributed by atoms with van der Waals surface area (Å²) in [4.78, 5) is 0. The highest BCUT2D eigenvalue weighted by atomic mass is 32.1. The third-order valence-electron chi connectivity index (χ3n) is 4.24. The Bertz CT molecular complexity index is 814. The molecule has 1 unspecified atom stereocenters. The number of hydrogen-bond acceptors (Lipinski definition) is 1. The van der Waals surface area contributed by atoms with E-state index in [1.807, 2.05) is 11.3 Å². The van der Waals surface area contributed by atoms with Crippen molar-refractivity contribution in [3.8, 4) is 0 Å². The van der Waals surface area contributed by atoms with Crippen LogP contribution in [0, 0.1) is 5.92 Å². The fourth-order valence-corrected chi connectivity index (χ4v) is 4.49.